The molecule has 1 aromatic heterocycles. The van der Waals surface area contributed by atoms with E-state index in [1.807, 2.05) is 14.0 Å². The maximum atomic E-state index is 11.7. The van der Waals surface area contributed by atoms with Crippen LogP contribution >= 0.6 is 0 Å². The molecule has 1 rings (SSSR count). The molecular weight excluding hydrogens is 218 g/mol. The summed E-state index contributed by atoms with van der Waals surface area (Å²) in [5.74, 6) is 0. The van der Waals surface area contributed by atoms with E-state index in [0.29, 0.717) is 10.6 Å². The third-order valence-corrected chi connectivity index (χ3v) is 3.65. The van der Waals surface area contributed by atoms with Gasteiger partial charge in [-0.15, -0.1) is 0 Å². The van der Waals surface area contributed by atoms with Gasteiger partial charge in [0, 0.05) is 18.2 Å². The number of hydrogen-bond donors (Lipinski definition) is 1. The molecule has 1 atom stereocenters. The maximum absolute atomic E-state index is 11.7. The number of nitrogens with zero attached hydrogens (tertiary/aromatic N) is 2. The van der Waals surface area contributed by atoms with Gasteiger partial charge in [0.1, 0.15) is 8.68 Å². The number of aromatic nitrogens is 2. The monoisotopic (exact) mass is 233 g/mol. The van der Waals surface area contributed by atoms with E-state index in [1.165, 1.54) is 0 Å². The second-order valence-electron chi connectivity index (χ2n) is 3.28. The Hall–Kier alpha value is -0.460. The van der Waals surface area contributed by atoms with Crippen molar-refractivity contribution in [2.45, 2.75) is 31.6 Å². The van der Waals surface area contributed by atoms with Crippen LogP contribution in [0.2, 0.25) is 0 Å². The number of rotatable bonds is 3. The molecule has 2 N–H and O–H groups in total. The predicted octanol–water partition coefficient (Wildman–Crippen LogP) is 0.660. The summed E-state index contributed by atoms with van der Waals surface area (Å²) in [7, 11) is -0.994. The Morgan fingerprint density at radius 2 is 2.21 bits per heavy atom. The van der Waals surface area contributed by atoms with Crippen molar-refractivity contribution in [3.05, 3.63) is 11.4 Å². The molecule has 0 aliphatic rings. The Morgan fingerprint density at radius 1 is 1.64 bits per heavy atom. The summed E-state index contributed by atoms with van der Waals surface area (Å²) in [5.41, 5.74) is 1.57. The lowest BCUT2D eigenvalue weighted by atomic mass is 10.2. The molecule has 0 radical (unpaired) electrons. The van der Waals surface area contributed by atoms with Crippen molar-refractivity contribution in [2.75, 3.05) is 0 Å². The molecule has 1 heterocycles. The van der Waals surface area contributed by atoms with Gasteiger partial charge in [-0.25, -0.2) is 9.35 Å². The lowest BCUT2D eigenvalue weighted by Gasteiger charge is -2.04. The first kappa shape index (κ1) is 11.6. The molecule has 1 unspecified atom stereocenters. The highest BCUT2D eigenvalue weighted by Crippen LogP contribution is 2.19. The lowest BCUT2D eigenvalue weighted by molar-refractivity contribution is 0.673. The zero-order valence-electron chi connectivity index (χ0n) is 8.61. The van der Waals surface area contributed by atoms with Gasteiger partial charge in [-0.1, -0.05) is 13.3 Å². The van der Waals surface area contributed by atoms with Crippen LogP contribution in [0.1, 0.15) is 24.7 Å². The van der Waals surface area contributed by atoms with Crippen molar-refractivity contribution in [3.63, 3.8) is 0 Å². The molecule has 0 aromatic carbocycles. The third-order valence-electron chi connectivity index (χ3n) is 2.05. The minimum atomic E-state index is -2.82. The van der Waals surface area contributed by atoms with E-state index in [0.717, 1.165) is 18.5 Å². The van der Waals surface area contributed by atoms with Gasteiger partial charge in [0.2, 0.25) is 0 Å². The van der Waals surface area contributed by atoms with E-state index in [4.69, 9.17) is 16.3 Å². The Kier molecular flexibility index (Phi) is 3.28. The molecule has 0 bridgehead atoms. The molecule has 14 heavy (non-hydrogen) atoms. The molecule has 80 valence electrons. The fourth-order valence-corrected chi connectivity index (χ4v) is 3.23. The topological polar surface area (TPSA) is 60.9 Å². The van der Waals surface area contributed by atoms with Gasteiger partial charge in [0.05, 0.1) is 16.3 Å². The van der Waals surface area contributed by atoms with Gasteiger partial charge in [0.25, 0.3) is 0 Å². The van der Waals surface area contributed by atoms with Crippen molar-refractivity contribution in [1.82, 2.24) is 9.78 Å². The zero-order chi connectivity index (χ0) is 10.9. The SMILES string of the molecule is CCCc1c(S(N)(=O)=S)c(C)nn1C. The van der Waals surface area contributed by atoms with E-state index >= 15 is 0 Å². The molecule has 0 fully saturated rings. The first-order valence-electron chi connectivity index (χ1n) is 4.43. The normalized spacial score (nSPS) is 15.4. The second-order valence-corrected chi connectivity index (χ2v) is 6.26. The van der Waals surface area contributed by atoms with E-state index < -0.39 is 8.68 Å². The van der Waals surface area contributed by atoms with E-state index in [-0.39, 0.29) is 0 Å². The van der Waals surface area contributed by atoms with E-state index in [1.54, 1.807) is 11.6 Å². The first-order valence-corrected chi connectivity index (χ1v) is 6.97. The quantitative estimate of drug-likeness (QED) is 0.834. The van der Waals surface area contributed by atoms with Crippen LogP contribution in [-0.4, -0.2) is 14.0 Å². The average Bonchev–Trinajstić information content (AvgIpc) is 2.26. The van der Waals surface area contributed by atoms with Crippen molar-refractivity contribution < 1.29 is 4.21 Å². The van der Waals surface area contributed by atoms with Gasteiger partial charge in [-0.2, -0.15) is 5.10 Å². The molecule has 0 aliphatic carbocycles. The smallest absolute Gasteiger partial charge is 0.120 e. The summed E-state index contributed by atoms with van der Waals surface area (Å²) in [6.07, 6.45) is 1.76. The summed E-state index contributed by atoms with van der Waals surface area (Å²) in [5, 5.41) is 9.68. The van der Waals surface area contributed by atoms with Crippen LogP contribution in [0.3, 0.4) is 0 Å². The highest BCUT2D eigenvalue weighted by atomic mass is 32.8. The molecule has 0 saturated carbocycles. The number of aryl methyl sites for hydroxylation is 2. The third kappa shape index (κ3) is 2.13. The van der Waals surface area contributed by atoms with Crippen molar-refractivity contribution in [2.24, 2.45) is 12.2 Å². The molecule has 0 spiro atoms. The molecule has 0 aliphatic heterocycles. The van der Waals surface area contributed by atoms with Crippen molar-refractivity contribution in [1.29, 1.82) is 0 Å². The van der Waals surface area contributed by atoms with Crippen LogP contribution in [0.5, 0.6) is 0 Å². The van der Waals surface area contributed by atoms with Crippen molar-refractivity contribution in [3.8, 4) is 0 Å². The summed E-state index contributed by atoms with van der Waals surface area (Å²) >= 11 is 4.81. The summed E-state index contributed by atoms with van der Waals surface area (Å²) < 4.78 is 13.4. The standard InChI is InChI=1S/C8H15N3OS2/c1-4-5-7-8(14(9,12)13)6(2)10-11(7)3/h4-5H2,1-3H3,(H2,9,12,13). The van der Waals surface area contributed by atoms with Crippen LogP contribution in [0.15, 0.2) is 4.90 Å². The minimum Gasteiger partial charge on any atom is -0.271 e. The molecule has 1 aromatic rings. The highest BCUT2D eigenvalue weighted by Gasteiger charge is 2.18. The van der Waals surface area contributed by atoms with Gasteiger partial charge >= 0.3 is 0 Å². The molecule has 6 heteroatoms. The van der Waals surface area contributed by atoms with Gasteiger partial charge in [0.15, 0.2) is 0 Å². The van der Waals surface area contributed by atoms with E-state index in [2.05, 4.69) is 5.10 Å². The predicted molar refractivity (Wildman–Crippen MR) is 59.9 cm³/mol. The van der Waals surface area contributed by atoms with Crippen molar-refractivity contribution >= 4 is 19.9 Å². The fraction of sp³-hybridized carbons (Fsp3) is 0.625. The van der Waals surface area contributed by atoms with Crippen LogP contribution in [0.4, 0.5) is 0 Å². The summed E-state index contributed by atoms with van der Waals surface area (Å²) in [6.45, 7) is 3.83. The second kappa shape index (κ2) is 3.96. The molecular formula is C8H15N3OS2. The Labute approximate surface area is 89.3 Å². The fourth-order valence-electron chi connectivity index (χ4n) is 1.57. The maximum Gasteiger partial charge on any atom is 0.120 e. The van der Waals surface area contributed by atoms with Crippen LogP contribution in [0, 0.1) is 6.92 Å². The summed E-state index contributed by atoms with van der Waals surface area (Å²) in [6, 6.07) is 0. The van der Waals surface area contributed by atoms with Gasteiger partial charge in [-0.3, -0.25) is 4.68 Å². The lowest BCUT2D eigenvalue weighted by Crippen LogP contribution is -2.14. The average molecular weight is 233 g/mol. The number of hydrogen-bond acceptors (Lipinski definition) is 3. The Balaban J connectivity index is 3.40. The molecule has 0 amide bonds. The molecule has 0 saturated heterocycles. The van der Waals surface area contributed by atoms with Crippen LogP contribution < -0.4 is 5.14 Å². The van der Waals surface area contributed by atoms with Gasteiger partial charge in [-0.05, 0) is 13.3 Å². The first-order chi connectivity index (χ1) is 6.38. The Bertz CT molecular complexity index is 434. The summed E-state index contributed by atoms with van der Waals surface area (Å²) in [4.78, 5) is 0.553. The Morgan fingerprint density at radius 3 is 2.64 bits per heavy atom. The zero-order valence-corrected chi connectivity index (χ0v) is 10.2. The van der Waals surface area contributed by atoms with E-state index in [9.17, 15) is 4.21 Å². The van der Waals surface area contributed by atoms with Crippen LogP contribution in [0.25, 0.3) is 0 Å². The minimum absolute atomic E-state index is 0.553. The molecule has 4 nitrogen and oxygen atoms in total. The van der Waals surface area contributed by atoms with Crippen LogP contribution in [-0.2, 0) is 33.3 Å². The highest BCUT2D eigenvalue weighted by molar-refractivity contribution is 8.31. The van der Waals surface area contributed by atoms with Gasteiger partial charge < -0.3 is 0 Å². The number of nitrogens with two attached hydrogens (primary N) is 1. The largest absolute Gasteiger partial charge is 0.271 e.